The Morgan fingerprint density at radius 2 is 1.76 bits per heavy atom. The lowest BCUT2D eigenvalue weighted by atomic mass is 9.97. The van der Waals surface area contributed by atoms with Crippen molar-refractivity contribution < 1.29 is 33.3 Å². The number of benzene rings is 2. The summed E-state index contributed by atoms with van der Waals surface area (Å²) in [6, 6.07) is 6.89. The van der Waals surface area contributed by atoms with Gasteiger partial charge in [-0.25, -0.2) is 0 Å². The molecule has 2 aliphatic heterocycles. The number of nitrogens with zero attached hydrogens (tertiary/aromatic N) is 1. The van der Waals surface area contributed by atoms with Gasteiger partial charge in [0.1, 0.15) is 5.39 Å². The van der Waals surface area contributed by atoms with Gasteiger partial charge >= 0.3 is 0 Å². The van der Waals surface area contributed by atoms with Gasteiger partial charge in [-0.15, -0.1) is 0 Å². The first-order chi connectivity index (χ1) is 14.0. The first kappa shape index (κ1) is 17.7. The monoisotopic (exact) mass is 397 g/mol. The molecule has 2 aromatic carbocycles. The van der Waals surface area contributed by atoms with Gasteiger partial charge in [-0.2, -0.15) is 0 Å². The molecule has 0 radical (unpaired) electrons. The minimum absolute atomic E-state index is 0.0424. The maximum absolute atomic E-state index is 13.5. The molecule has 0 saturated carbocycles. The number of ether oxygens (including phenoxy) is 4. The topological polar surface area (TPSA) is 90.6 Å². The van der Waals surface area contributed by atoms with Crippen molar-refractivity contribution in [2.24, 2.45) is 0 Å². The third-order valence-electron chi connectivity index (χ3n) is 5.07. The summed E-state index contributed by atoms with van der Waals surface area (Å²) in [4.78, 5) is 15.5. The molecule has 0 aliphatic carbocycles. The molecule has 5 rings (SSSR count). The lowest BCUT2D eigenvalue weighted by Crippen LogP contribution is -2.17. The molecule has 0 saturated heterocycles. The summed E-state index contributed by atoms with van der Waals surface area (Å²) in [5.74, 6) is 1.33. The Bertz CT molecular complexity index is 1130. The van der Waals surface area contributed by atoms with Crippen molar-refractivity contribution in [2.45, 2.75) is 6.42 Å². The summed E-state index contributed by atoms with van der Waals surface area (Å²) in [5, 5.41) is 11.1. The Morgan fingerprint density at radius 1 is 1.03 bits per heavy atom. The van der Waals surface area contributed by atoms with Crippen molar-refractivity contribution in [1.29, 1.82) is 0 Å². The molecule has 0 amide bonds. The van der Waals surface area contributed by atoms with Gasteiger partial charge in [-0.3, -0.25) is 4.79 Å². The molecule has 29 heavy (non-hydrogen) atoms. The molecule has 1 N–H and O–H groups in total. The highest BCUT2D eigenvalue weighted by molar-refractivity contribution is 6.17. The molecular weight excluding hydrogens is 378 g/mol. The first-order valence-electron chi connectivity index (χ1n) is 9.19. The molecule has 0 atom stereocenters. The highest BCUT2D eigenvalue weighted by atomic mass is 16.7. The Morgan fingerprint density at radius 3 is 2.55 bits per heavy atom. The van der Waals surface area contributed by atoms with Crippen molar-refractivity contribution in [1.82, 2.24) is 4.90 Å². The van der Waals surface area contributed by atoms with E-state index in [1.54, 1.807) is 18.2 Å². The molecule has 2 aliphatic rings. The number of rotatable bonds is 5. The molecule has 8 nitrogen and oxygen atoms in total. The third kappa shape index (κ3) is 2.84. The zero-order valence-electron chi connectivity index (χ0n) is 16.0. The summed E-state index contributed by atoms with van der Waals surface area (Å²) in [6.45, 7) is 0.927. The normalized spacial score (nSPS) is 14.2. The van der Waals surface area contributed by atoms with E-state index >= 15 is 0 Å². The molecule has 0 unspecified atom stereocenters. The number of carbonyl (C=O) groups is 1. The van der Waals surface area contributed by atoms with Gasteiger partial charge in [0, 0.05) is 17.5 Å². The van der Waals surface area contributed by atoms with E-state index in [0.717, 1.165) is 12.1 Å². The Kier molecular flexibility index (Phi) is 4.02. The van der Waals surface area contributed by atoms with Crippen molar-refractivity contribution in [3.8, 4) is 28.9 Å². The van der Waals surface area contributed by atoms with Crippen LogP contribution in [0.2, 0.25) is 0 Å². The average molecular weight is 397 g/mol. The van der Waals surface area contributed by atoms with Gasteiger partial charge < -0.3 is 33.4 Å². The second-order valence-corrected chi connectivity index (χ2v) is 7.20. The van der Waals surface area contributed by atoms with E-state index < -0.39 is 0 Å². The lowest BCUT2D eigenvalue weighted by Gasteiger charge is -2.13. The minimum atomic E-state index is -0.374. The number of carbonyl (C=O) groups excluding carboxylic acids is 1. The highest BCUT2D eigenvalue weighted by Gasteiger charge is 2.30. The van der Waals surface area contributed by atoms with Crippen molar-refractivity contribution in [2.75, 3.05) is 34.2 Å². The van der Waals surface area contributed by atoms with Crippen LogP contribution in [0.5, 0.6) is 28.9 Å². The van der Waals surface area contributed by atoms with Crippen LogP contribution in [0, 0.1) is 0 Å². The first-order valence-corrected chi connectivity index (χ1v) is 9.19. The van der Waals surface area contributed by atoms with E-state index in [1.807, 2.05) is 25.1 Å². The van der Waals surface area contributed by atoms with E-state index in [4.69, 9.17) is 23.4 Å². The molecule has 3 heterocycles. The van der Waals surface area contributed by atoms with E-state index in [2.05, 4.69) is 0 Å². The summed E-state index contributed by atoms with van der Waals surface area (Å²) >= 11 is 0. The molecule has 1 aromatic heterocycles. The average Bonchev–Trinajstić information content (AvgIpc) is 3.42. The molecule has 3 aromatic rings. The number of furan rings is 1. The van der Waals surface area contributed by atoms with Gasteiger partial charge in [0.25, 0.3) is 5.95 Å². The second-order valence-electron chi connectivity index (χ2n) is 7.20. The second kappa shape index (κ2) is 6.59. The molecule has 0 spiro atoms. The van der Waals surface area contributed by atoms with Crippen LogP contribution in [0.4, 0.5) is 0 Å². The zero-order valence-corrected chi connectivity index (χ0v) is 16.0. The number of fused-ring (bicyclic) bond motifs is 4. The molecule has 0 fully saturated rings. The molecular formula is C21H19NO7. The van der Waals surface area contributed by atoms with Gasteiger partial charge in [0.05, 0.1) is 0 Å². The maximum Gasteiger partial charge on any atom is 0.294 e. The van der Waals surface area contributed by atoms with Crippen LogP contribution in [0.15, 0.2) is 28.7 Å². The van der Waals surface area contributed by atoms with Crippen LogP contribution in [-0.4, -0.2) is 50.0 Å². The number of ketones is 1. The summed E-state index contributed by atoms with van der Waals surface area (Å²) in [7, 11) is 3.93. The number of aromatic hydroxyl groups is 1. The lowest BCUT2D eigenvalue weighted by molar-refractivity contribution is 0.100. The van der Waals surface area contributed by atoms with E-state index in [-0.39, 0.29) is 31.1 Å². The van der Waals surface area contributed by atoms with Gasteiger partial charge in [0.15, 0.2) is 28.8 Å². The predicted molar refractivity (Wildman–Crippen MR) is 102 cm³/mol. The maximum atomic E-state index is 13.5. The largest absolute Gasteiger partial charge is 0.480 e. The van der Waals surface area contributed by atoms with E-state index in [0.29, 0.717) is 45.8 Å². The van der Waals surface area contributed by atoms with Gasteiger partial charge in [-0.05, 0) is 50.3 Å². The van der Waals surface area contributed by atoms with Crippen LogP contribution < -0.4 is 18.9 Å². The fraction of sp³-hybridized carbons (Fsp3) is 0.286. The predicted octanol–water partition coefficient (Wildman–Crippen LogP) is 2.93. The van der Waals surface area contributed by atoms with Crippen LogP contribution in [-0.2, 0) is 6.42 Å². The molecule has 8 heteroatoms. The molecule has 0 bridgehead atoms. The van der Waals surface area contributed by atoms with Crippen molar-refractivity contribution in [3.63, 3.8) is 0 Å². The Labute approximate surface area is 166 Å². The zero-order chi connectivity index (χ0) is 20.1. The highest BCUT2D eigenvalue weighted by Crippen LogP contribution is 2.46. The van der Waals surface area contributed by atoms with E-state index in [1.165, 1.54) is 0 Å². The standard InChI is InChI=1S/C21H19NO7/c1-22(2)6-5-11-7-15-16(27-9-26-15)8-13(11)18(23)19-12-3-4-14-20(28-10-25-14)17(12)21(24)29-19/h3-4,7-8,24H,5-6,9-10H2,1-2H3. The Hall–Kier alpha value is -3.39. The van der Waals surface area contributed by atoms with Gasteiger partial charge in [-0.1, -0.05) is 0 Å². The summed E-state index contributed by atoms with van der Waals surface area (Å²) in [6.07, 6.45) is 0.641. The van der Waals surface area contributed by atoms with E-state index in [9.17, 15) is 9.90 Å². The molecule has 150 valence electrons. The smallest absolute Gasteiger partial charge is 0.294 e. The number of hydrogen-bond acceptors (Lipinski definition) is 8. The third-order valence-corrected chi connectivity index (χ3v) is 5.07. The van der Waals surface area contributed by atoms with Crippen molar-refractivity contribution in [3.05, 3.63) is 41.2 Å². The van der Waals surface area contributed by atoms with Crippen molar-refractivity contribution >= 4 is 16.6 Å². The van der Waals surface area contributed by atoms with Crippen LogP contribution in [0.25, 0.3) is 10.8 Å². The summed E-state index contributed by atoms with van der Waals surface area (Å²) in [5.41, 5.74) is 1.27. The summed E-state index contributed by atoms with van der Waals surface area (Å²) < 4.78 is 27.2. The van der Waals surface area contributed by atoms with Crippen LogP contribution in [0.3, 0.4) is 0 Å². The van der Waals surface area contributed by atoms with Crippen LogP contribution in [0.1, 0.15) is 21.7 Å². The fourth-order valence-corrected chi connectivity index (χ4v) is 3.61. The SMILES string of the molecule is CN(C)CCc1cc2c(cc1C(=O)c1oc(O)c3c4c(ccc13)OCO4)OCO2. The quantitative estimate of drug-likeness (QED) is 0.658. The van der Waals surface area contributed by atoms with Crippen LogP contribution >= 0.6 is 0 Å². The fourth-order valence-electron chi connectivity index (χ4n) is 3.61. The number of likely N-dealkylation sites (N-methyl/N-ethyl adjacent to an activating group) is 1. The minimum Gasteiger partial charge on any atom is -0.480 e. The Balaban J connectivity index is 1.62. The number of hydrogen-bond donors (Lipinski definition) is 1. The van der Waals surface area contributed by atoms with Gasteiger partial charge in [0.2, 0.25) is 19.4 Å².